The summed E-state index contributed by atoms with van der Waals surface area (Å²) in [7, 11) is 0. The van der Waals surface area contributed by atoms with Crippen LogP contribution in [0.25, 0.3) is 0 Å². The van der Waals surface area contributed by atoms with Crippen molar-refractivity contribution in [1.82, 2.24) is 0 Å². The smallest absolute Gasteiger partial charge is 0.120 e. The van der Waals surface area contributed by atoms with E-state index in [0.29, 0.717) is 19.5 Å². The molecule has 1 unspecified atom stereocenters. The van der Waals surface area contributed by atoms with E-state index < -0.39 is 0 Å². The molecule has 0 radical (unpaired) electrons. The highest BCUT2D eigenvalue weighted by Gasteiger charge is 2.36. The normalized spacial score (nSPS) is 23.1. The molecule has 0 aliphatic heterocycles. The number of rotatable bonds is 4. The maximum absolute atomic E-state index is 10.8. The van der Waals surface area contributed by atoms with E-state index in [-0.39, 0.29) is 5.41 Å². The van der Waals surface area contributed by atoms with Gasteiger partial charge in [-0.15, -0.1) is 0 Å². The van der Waals surface area contributed by atoms with Crippen LogP contribution in [-0.2, 0) is 24.2 Å². The van der Waals surface area contributed by atoms with E-state index >= 15 is 0 Å². The van der Waals surface area contributed by atoms with E-state index in [0.717, 1.165) is 19.1 Å². The predicted molar refractivity (Wildman–Crippen MR) is 63.9 cm³/mol. The van der Waals surface area contributed by atoms with Gasteiger partial charge in [0, 0.05) is 13.0 Å². The van der Waals surface area contributed by atoms with Crippen molar-refractivity contribution >= 4 is 6.29 Å². The van der Waals surface area contributed by atoms with Gasteiger partial charge >= 0.3 is 0 Å². The number of hydrogen-bond acceptors (Lipinski definition) is 3. The van der Waals surface area contributed by atoms with Crippen LogP contribution >= 0.6 is 0 Å². The summed E-state index contributed by atoms with van der Waals surface area (Å²) in [4.78, 5) is 10.8. The number of nitrogens with two attached hydrogens (primary N) is 2. The lowest BCUT2D eigenvalue weighted by atomic mass is 9.82. The van der Waals surface area contributed by atoms with Gasteiger partial charge in [0.15, 0.2) is 0 Å². The molecule has 0 amide bonds. The number of fused-ring (bicyclic) bond motifs is 1. The molecule has 3 heteroatoms. The fourth-order valence-corrected chi connectivity index (χ4v) is 2.66. The van der Waals surface area contributed by atoms with Crippen molar-refractivity contribution < 1.29 is 4.79 Å². The van der Waals surface area contributed by atoms with Crippen LogP contribution in [-0.4, -0.2) is 12.8 Å². The average Bonchev–Trinajstić information content (AvgIpc) is 2.68. The third-order valence-electron chi connectivity index (χ3n) is 3.66. The highest BCUT2D eigenvalue weighted by molar-refractivity contribution is 5.53. The van der Waals surface area contributed by atoms with Gasteiger partial charge in [-0.3, -0.25) is 0 Å². The maximum atomic E-state index is 10.8. The first-order valence-electron chi connectivity index (χ1n) is 5.68. The third kappa shape index (κ3) is 1.77. The first-order valence-corrected chi connectivity index (χ1v) is 5.68. The van der Waals surface area contributed by atoms with Crippen LogP contribution in [0.2, 0.25) is 0 Å². The van der Waals surface area contributed by atoms with Crippen molar-refractivity contribution in [2.45, 2.75) is 25.8 Å². The molecule has 1 atom stereocenters. The Bertz CT molecular complexity index is 403. The first-order chi connectivity index (χ1) is 7.74. The van der Waals surface area contributed by atoms with Crippen molar-refractivity contribution in [1.29, 1.82) is 0 Å². The lowest BCUT2D eigenvalue weighted by molar-refractivity contribution is -0.109. The molecule has 16 heavy (non-hydrogen) atoms. The Labute approximate surface area is 95.8 Å². The SMILES string of the molecule is NCc1cccc2c1CC(CN)(CC=O)C2. The number of carbonyl (C=O) groups excluding carboxylic acids is 1. The molecule has 0 fully saturated rings. The second-order valence-corrected chi connectivity index (χ2v) is 4.69. The van der Waals surface area contributed by atoms with Crippen LogP contribution < -0.4 is 11.5 Å². The summed E-state index contributed by atoms with van der Waals surface area (Å²) in [5.41, 5.74) is 15.3. The minimum absolute atomic E-state index is 0.0602. The summed E-state index contributed by atoms with van der Waals surface area (Å²) in [5.74, 6) is 0. The Kier molecular flexibility index (Phi) is 3.08. The van der Waals surface area contributed by atoms with E-state index in [1.165, 1.54) is 16.7 Å². The molecule has 0 saturated carbocycles. The van der Waals surface area contributed by atoms with E-state index in [1.54, 1.807) is 0 Å². The van der Waals surface area contributed by atoms with E-state index in [4.69, 9.17) is 11.5 Å². The van der Waals surface area contributed by atoms with Crippen LogP contribution in [0.15, 0.2) is 18.2 Å². The Morgan fingerprint density at radius 2 is 2.12 bits per heavy atom. The zero-order valence-corrected chi connectivity index (χ0v) is 9.41. The van der Waals surface area contributed by atoms with Crippen molar-refractivity contribution in [2.24, 2.45) is 16.9 Å². The third-order valence-corrected chi connectivity index (χ3v) is 3.66. The quantitative estimate of drug-likeness (QED) is 0.734. The van der Waals surface area contributed by atoms with Crippen LogP contribution in [0.5, 0.6) is 0 Å². The molecule has 1 aromatic carbocycles. The first kappa shape index (κ1) is 11.3. The molecular weight excluding hydrogens is 200 g/mol. The summed E-state index contributed by atoms with van der Waals surface area (Å²) < 4.78 is 0. The van der Waals surface area contributed by atoms with Gasteiger partial charge in [-0.1, -0.05) is 18.2 Å². The summed E-state index contributed by atoms with van der Waals surface area (Å²) in [5, 5.41) is 0. The van der Waals surface area contributed by atoms with Crippen molar-refractivity contribution in [3.05, 3.63) is 34.9 Å². The minimum atomic E-state index is -0.0602. The highest BCUT2D eigenvalue weighted by atomic mass is 16.1. The monoisotopic (exact) mass is 218 g/mol. The topological polar surface area (TPSA) is 69.1 Å². The summed E-state index contributed by atoms with van der Waals surface area (Å²) in [6.07, 6.45) is 3.33. The van der Waals surface area contributed by atoms with Gasteiger partial charge in [-0.05, 0) is 41.5 Å². The van der Waals surface area contributed by atoms with E-state index in [1.807, 2.05) is 6.07 Å². The van der Waals surface area contributed by atoms with Gasteiger partial charge in [0.2, 0.25) is 0 Å². The van der Waals surface area contributed by atoms with Gasteiger partial charge in [0.05, 0.1) is 0 Å². The molecule has 0 aromatic heterocycles. The fourth-order valence-electron chi connectivity index (χ4n) is 2.66. The van der Waals surface area contributed by atoms with Gasteiger partial charge in [0.25, 0.3) is 0 Å². The lowest BCUT2D eigenvalue weighted by Gasteiger charge is -2.24. The average molecular weight is 218 g/mol. The molecule has 3 nitrogen and oxygen atoms in total. The van der Waals surface area contributed by atoms with Crippen LogP contribution in [0.4, 0.5) is 0 Å². The van der Waals surface area contributed by atoms with Gasteiger partial charge in [-0.2, -0.15) is 0 Å². The molecule has 86 valence electrons. The number of aldehydes is 1. The Hall–Kier alpha value is -1.19. The molecule has 0 heterocycles. The lowest BCUT2D eigenvalue weighted by Crippen LogP contribution is -2.31. The standard InChI is InChI=1S/C13H18N2O/c14-8-11-3-1-2-10-6-13(9-15,4-5-16)7-12(10)11/h1-3,5H,4,6-9,14-15H2. The number of hydrogen-bond donors (Lipinski definition) is 2. The largest absolute Gasteiger partial charge is 0.330 e. The molecule has 1 aromatic rings. The molecule has 2 rings (SSSR count). The zero-order valence-electron chi connectivity index (χ0n) is 9.41. The fraction of sp³-hybridized carbons (Fsp3) is 0.462. The highest BCUT2D eigenvalue weighted by Crippen LogP contribution is 2.39. The Balaban J connectivity index is 2.35. The molecule has 1 aliphatic carbocycles. The molecule has 0 bridgehead atoms. The molecule has 0 spiro atoms. The summed E-state index contributed by atoms with van der Waals surface area (Å²) >= 11 is 0. The minimum Gasteiger partial charge on any atom is -0.330 e. The Morgan fingerprint density at radius 1 is 1.31 bits per heavy atom. The van der Waals surface area contributed by atoms with Gasteiger partial charge in [0.1, 0.15) is 6.29 Å². The number of carbonyl (C=O) groups is 1. The summed E-state index contributed by atoms with van der Waals surface area (Å²) in [6.45, 7) is 1.12. The Morgan fingerprint density at radius 3 is 2.75 bits per heavy atom. The molecule has 1 aliphatic rings. The molecule has 4 N–H and O–H groups in total. The van der Waals surface area contributed by atoms with Gasteiger partial charge in [-0.25, -0.2) is 0 Å². The second-order valence-electron chi connectivity index (χ2n) is 4.69. The van der Waals surface area contributed by atoms with Crippen molar-refractivity contribution in [3.63, 3.8) is 0 Å². The van der Waals surface area contributed by atoms with Crippen LogP contribution in [0, 0.1) is 5.41 Å². The zero-order chi connectivity index (χ0) is 11.6. The molecule has 0 saturated heterocycles. The van der Waals surface area contributed by atoms with Crippen LogP contribution in [0.1, 0.15) is 23.1 Å². The summed E-state index contributed by atoms with van der Waals surface area (Å²) in [6, 6.07) is 6.22. The number of benzene rings is 1. The van der Waals surface area contributed by atoms with Crippen molar-refractivity contribution in [2.75, 3.05) is 6.54 Å². The van der Waals surface area contributed by atoms with Crippen LogP contribution in [0.3, 0.4) is 0 Å². The van der Waals surface area contributed by atoms with E-state index in [2.05, 4.69) is 12.1 Å². The van der Waals surface area contributed by atoms with Crippen molar-refractivity contribution in [3.8, 4) is 0 Å². The molecular formula is C13H18N2O. The predicted octanol–water partition coefficient (Wildman–Crippen LogP) is 0.778. The maximum Gasteiger partial charge on any atom is 0.120 e. The second kappa shape index (κ2) is 4.36. The van der Waals surface area contributed by atoms with Gasteiger partial charge < -0.3 is 16.3 Å². The van der Waals surface area contributed by atoms with E-state index in [9.17, 15) is 4.79 Å².